The number of carbonyl (C=O) groups is 1. The van der Waals surface area contributed by atoms with Gasteiger partial charge in [-0.1, -0.05) is 41.9 Å². The third-order valence-electron chi connectivity index (χ3n) is 5.31. The Labute approximate surface area is 180 Å². The van der Waals surface area contributed by atoms with E-state index in [1.165, 1.54) is 0 Å². The van der Waals surface area contributed by atoms with Crippen molar-refractivity contribution in [3.63, 3.8) is 0 Å². The highest BCUT2D eigenvalue weighted by molar-refractivity contribution is 6.31. The molecule has 0 spiro atoms. The smallest absolute Gasteiger partial charge is 0.227 e. The predicted molar refractivity (Wildman–Crippen MR) is 119 cm³/mol. The number of halogens is 1. The molecule has 1 aliphatic heterocycles. The first-order chi connectivity index (χ1) is 14.6. The minimum absolute atomic E-state index is 0.0180. The Bertz CT molecular complexity index is 1000. The molecule has 2 heterocycles. The summed E-state index contributed by atoms with van der Waals surface area (Å²) in [5.41, 5.74) is 2.68. The van der Waals surface area contributed by atoms with Crippen molar-refractivity contribution in [1.82, 2.24) is 9.97 Å². The van der Waals surface area contributed by atoms with Gasteiger partial charge in [-0.3, -0.25) is 4.79 Å². The maximum atomic E-state index is 12.7. The van der Waals surface area contributed by atoms with Crippen LogP contribution < -0.4 is 15.0 Å². The van der Waals surface area contributed by atoms with Gasteiger partial charge in [0, 0.05) is 42.0 Å². The van der Waals surface area contributed by atoms with E-state index in [1.807, 2.05) is 42.7 Å². The van der Waals surface area contributed by atoms with E-state index in [-0.39, 0.29) is 11.8 Å². The highest BCUT2D eigenvalue weighted by Crippen LogP contribution is 2.29. The molecule has 1 saturated heterocycles. The van der Waals surface area contributed by atoms with Crippen molar-refractivity contribution in [2.75, 3.05) is 30.4 Å². The SMILES string of the molecule is COc1ccc(Cl)cc1NC(=O)C1CCN(c2ncc(-c3ccccc3)cn2)CC1. The summed E-state index contributed by atoms with van der Waals surface area (Å²) in [7, 11) is 1.57. The van der Waals surface area contributed by atoms with Gasteiger partial charge in [0.15, 0.2) is 0 Å². The van der Waals surface area contributed by atoms with Crippen LogP contribution in [0.2, 0.25) is 5.02 Å². The maximum absolute atomic E-state index is 12.7. The Morgan fingerprint density at radius 2 is 1.77 bits per heavy atom. The average molecular weight is 423 g/mol. The third-order valence-corrected chi connectivity index (χ3v) is 5.55. The number of nitrogens with zero attached hydrogens (tertiary/aromatic N) is 3. The number of aromatic nitrogens is 2. The topological polar surface area (TPSA) is 67.3 Å². The number of hydrogen-bond donors (Lipinski definition) is 1. The zero-order valence-corrected chi connectivity index (χ0v) is 17.5. The van der Waals surface area contributed by atoms with Crippen LogP contribution in [-0.4, -0.2) is 36.1 Å². The normalized spacial score (nSPS) is 14.4. The Balaban J connectivity index is 1.36. The van der Waals surface area contributed by atoms with E-state index >= 15 is 0 Å². The molecule has 1 amide bonds. The fourth-order valence-electron chi connectivity index (χ4n) is 3.62. The first kappa shape index (κ1) is 20.2. The molecule has 154 valence electrons. The van der Waals surface area contributed by atoms with Gasteiger partial charge in [0.2, 0.25) is 11.9 Å². The van der Waals surface area contributed by atoms with Crippen molar-refractivity contribution in [3.8, 4) is 16.9 Å². The number of anilines is 2. The Morgan fingerprint density at radius 1 is 1.07 bits per heavy atom. The Hall–Kier alpha value is -3.12. The van der Waals surface area contributed by atoms with E-state index in [1.54, 1.807) is 25.3 Å². The maximum Gasteiger partial charge on any atom is 0.227 e. The molecule has 1 N–H and O–H groups in total. The van der Waals surface area contributed by atoms with Gasteiger partial charge in [-0.2, -0.15) is 0 Å². The number of benzene rings is 2. The molecule has 30 heavy (non-hydrogen) atoms. The van der Waals surface area contributed by atoms with Gasteiger partial charge in [0.05, 0.1) is 12.8 Å². The first-order valence-electron chi connectivity index (χ1n) is 9.91. The number of piperidine rings is 1. The van der Waals surface area contributed by atoms with E-state index in [9.17, 15) is 4.79 Å². The summed E-state index contributed by atoms with van der Waals surface area (Å²) in [6.45, 7) is 1.46. The lowest BCUT2D eigenvalue weighted by molar-refractivity contribution is -0.120. The second-order valence-electron chi connectivity index (χ2n) is 7.23. The van der Waals surface area contributed by atoms with Crippen molar-refractivity contribution in [1.29, 1.82) is 0 Å². The van der Waals surface area contributed by atoms with Crippen LogP contribution >= 0.6 is 11.6 Å². The number of ether oxygens (including phenoxy) is 1. The van der Waals surface area contributed by atoms with Crippen LogP contribution in [0.3, 0.4) is 0 Å². The van der Waals surface area contributed by atoms with Gasteiger partial charge in [0.25, 0.3) is 0 Å². The van der Waals surface area contributed by atoms with E-state index in [4.69, 9.17) is 16.3 Å². The lowest BCUT2D eigenvalue weighted by Crippen LogP contribution is -2.39. The molecular formula is C23H23ClN4O2. The molecule has 7 heteroatoms. The molecule has 6 nitrogen and oxygen atoms in total. The number of nitrogens with one attached hydrogen (secondary N) is 1. The number of amides is 1. The molecule has 0 atom stereocenters. The Morgan fingerprint density at radius 3 is 2.43 bits per heavy atom. The highest BCUT2D eigenvalue weighted by atomic mass is 35.5. The summed E-state index contributed by atoms with van der Waals surface area (Å²) in [6.07, 6.45) is 5.17. The van der Waals surface area contributed by atoms with Crippen molar-refractivity contribution in [2.45, 2.75) is 12.8 Å². The van der Waals surface area contributed by atoms with Crippen molar-refractivity contribution in [2.24, 2.45) is 5.92 Å². The zero-order chi connectivity index (χ0) is 20.9. The third kappa shape index (κ3) is 4.54. The molecule has 1 fully saturated rings. The fraction of sp³-hybridized carbons (Fsp3) is 0.261. The van der Waals surface area contributed by atoms with Gasteiger partial charge >= 0.3 is 0 Å². The Kier molecular flexibility index (Phi) is 6.14. The molecule has 4 rings (SSSR count). The quantitative estimate of drug-likeness (QED) is 0.647. The lowest BCUT2D eigenvalue weighted by Gasteiger charge is -2.31. The summed E-state index contributed by atoms with van der Waals surface area (Å²) in [5, 5.41) is 3.51. The van der Waals surface area contributed by atoms with Crippen LogP contribution in [-0.2, 0) is 4.79 Å². The van der Waals surface area contributed by atoms with Gasteiger partial charge < -0.3 is 15.0 Å². The average Bonchev–Trinajstić information content (AvgIpc) is 2.80. The number of rotatable bonds is 5. The van der Waals surface area contributed by atoms with E-state index in [0.29, 0.717) is 22.4 Å². The standard InChI is InChI=1S/C23H23ClN4O2/c1-30-21-8-7-19(24)13-20(21)27-22(29)17-9-11-28(12-10-17)23-25-14-18(15-26-23)16-5-3-2-4-6-16/h2-8,13-15,17H,9-12H2,1H3,(H,27,29). The molecule has 3 aromatic rings. The molecular weight excluding hydrogens is 400 g/mol. The molecule has 0 saturated carbocycles. The van der Waals surface area contributed by atoms with Crippen LogP contribution in [0.4, 0.5) is 11.6 Å². The second-order valence-corrected chi connectivity index (χ2v) is 7.67. The van der Waals surface area contributed by atoms with Gasteiger partial charge in [0.1, 0.15) is 5.75 Å². The molecule has 0 radical (unpaired) electrons. The fourth-order valence-corrected chi connectivity index (χ4v) is 3.79. The molecule has 0 bridgehead atoms. The largest absolute Gasteiger partial charge is 0.495 e. The summed E-state index contributed by atoms with van der Waals surface area (Å²) < 4.78 is 5.31. The monoisotopic (exact) mass is 422 g/mol. The number of carbonyl (C=O) groups excluding carboxylic acids is 1. The van der Waals surface area contributed by atoms with E-state index in [2.05, 4.69) is 20.2 Å². The lowest BCUT2D eigenvalue weighted by atomic mass is 9.96. The predicted octanol–water partition coefficient (Wildman–Crippen LogP) is 4.66. The molecule has 0 aliphatic carbocycles. The highest BCUT2D eigenvalue weighted by Gasteiger charge is 2.26. The van der Waals surface area contributed by atoms with Crippen molar-refractivity contribution in [3.05, 3.63) is 65.9 Å². The van der Waals surface area contributed by atoms with Crippen LogP contribution in [0.25, 0.3) is 11.1 Å². The summed E-state index contributed by atoms with van der Waals surface area (Å²) in [5.74, 6) is 1.20. The summed E-state index contributed by atoms with van der Waals surface area (Å²) >= 11 is 6.05. The molecule has 2 aromatic carbocycles. The van der Waals surface area contributed by atoms with Gasteiger partial charge in [-0.05, 0) is 36.6 Å². The van der Waals surface area contributed by atoms with Gasteiger partial charge in [-0.25, -0.2) is 9.97 Å². The minimum Gasteiger partial charge on any atom is -0.495 e. The van der Waals surface area contributed by atoms with E-state index in [0.717, 1.165) is 37.1 Å². The molecule has 1 aromatic heterocycles. The number of methoxy groups -OCH3 is 1. The second kappa shape index (κ2) is 9.13. The first-order valence-corrected chi connectivity index (χ1v) is 10.3. The van der Waals surface area contributed by atoms with Gasteiger partial charge in [-0.15, -0.1) is 0 Å². The zero-order valence-electron chi connectivity index (χ0n) is 16.7. The van der Waals surface area contributed by atoms with Crippen LogP contribution in [0.15, 0.2) is 60.9 Å². The summed E-state index contributed by atoms with van der Waals surface area (Å²) in [4.78, 5) is 23.9. The van der Waals surface area contributed by atoms with Crippen LogP contribution in [0.5, 0.6) is 5.75 Å². The van der Waals surface area contributed by atoms with Crippen LogP contribution in [0, 0.1) is 5.92 Å². The van der Waals surface area contributed by atoms with Crippen LogP contribution in [0.1, 0.15) is 12.8 Å². The molecule has 1 aliphatic rings. The minimum atomic E-state index is -0.0754. The number of hydrogen-bond acceptors (Lipinski definition) is 5. The molecule has 0 unspecified atom stereocenters. The summed E-state index contributed by atoms with van der Waals surface area (Å²) in [6, 6.07) is 15.2. The van der Waals surface area contributed by atoms with E-state index < -0.39 is 0 Å². The van der Waals surface area contributed by atoms with Crippen molar-refractivity contribution < 1.29 is 9.53 Å². The van der Waals surface area contributed by atoms with Crippen molar-refractivity contribution >= 4 is 29.1 Å².